The molecule has 1 heterocycles. The van der Waals surface area contributed by atoms with E-state index < -0.39 is 0 Å². The van der Waals surface area contributed by atoms with E-state index in [1.165, 1.54) is 4.90 Å². The first-order valence-corrected chi connectivity index (χ1v) is 7.63. The predicted molar refractivity (Wildman–Crippen MR) is 79.0 cm³/mol. The van der Waals surface area contributed by atoms with Gasteiger partial charge in [0.1, 0.15) is 0 Å². The molecule has 20 heavy (non-hydrogen) atoms. The molecule has 5 heteroatoms. The molecule has 1 saturated heterocycles. The van der Waals surface area contributed by atoms with Gasteiger partial charge in [-0.05, 0) is 18.8 Å². The number of imide groups is 1. The van der Waals surface area contributed by atoms with Crippen LogP contribution in [-0.4, -0.2) is 35.7 Å². The van der Waals surface area contributed by atoms with E-state index >= 15 is 0 Å². The van der Waals surface area contributed by atoms with E-state index in [0.717, 1.165) is 19.3 Å². The van der Waals surface area contributed by atoms with Crippen LogP contribution < -0.4 is 5.32 Å². The van der Waals surface area contributed by atoms with Crippen molar-refractivity contribution in [3.63, 3.8) is 0 Å². The van der Waals surface area contributed by atoms with Crippen molar-refractivity contribution < 1.29 is 14.4 Å². The van der Waals surface area contributed by atoms with Crippen LogP contribution in [0.25, 0.3) is 0 Å². The Morgan fingerprint density at radius 3 is 2.45 bits per heavy atom. The Balaban J connectivity index is 0.00000172. The van der Waals surface area contributed by atoms with Crippen molar-refractivity contribution in [2.24, 2.45) is 5.92 Å². The highest BCUT2D eigenvalue weighted by molar-refractivity contribution is 5.97. The van der Waals surface area contributed by atoms with E-state index in [0.29, 0.717) is 25.3 Å². The lowest BCUT2D eigenvalue weighted by atomic mass is 10.0. The van der Waals surface area contributed by atoms with Gasteiger partial charge in [0.15, 0.2) is 0 Å². The van der Waals surface area contributed by atoms with Crippen LogP contribution in [0.15, 0.2) is 0 Å². The summed E-state index contributed by atoms with van der Waals surface area (Å²) in [4.78, 5) is 35.8. The van der Waals surface area contributed by atoms with Gasteiger partial charge in [-0.25, -0.2) is 0 Å². The molecule has 0 saturated carbocycles. The first-order chi connectivity index (χ1) is 9.52. The zero-order valence-corrected chi connectivity index (χ0v) is 13.2. The molecule has 3 amide bonds. The van der Waals surface area contributed by atoms with Gasteiger partial charge in [-0.1, -0.05) is 34.1 Å². The van der Waals surface area contributed by atoms with E-state index in [1.54, 1.807) is 0 Å². The number of amides is 3. The largest absolute Gasteiger partial charge is 0.333 e. The third kappa shape index (κ3) is 7.26. The molecule has 0 spiro atoms. The molecule has 1 atom stereocenters. The molecule has 5 nitrogen and oxygen atoms in total. The summed E-state index contributed by atoms with van der Waals surface area (Å²) in [7, 11) is 0. The van der Waals surface area contributed by atoms with Crippen molar-refractivity contribution in [2.75, 3.05) is 13.1 Å². The summed E-state index contributed by atoms with van der Waals surface area (Å²) in [6.45, 7) is 8.78. The number of carbonyl (C=O) groups excluding carboxylic acids is 3. The van der Waals surface area contributed by atoms with Crippen LogP contribution >= 0.6 is 0 Å². The van der Waals surface area contributed by atoms with Gasteiger partial charge >= 0.3 is 0 Å². The van der Waals surface area contributed by atoms with Gasteiger partial charge in [0.05, 0.1) is 6.54 Å². The van der Waals surface area contributed by atoms with Crippen LogP contribution in [0.3, 0.4) is 0 Å². The van der Waals surface area contributed by atoms with Crippen LogP contribution in [0.1, 0.15) is 59.8 Å². The number of nitrogens with zero attached hydrogens (tertiary/aromatic N) is 1. The molecule has 1 unspecified atom stereocenters. The van der Waals surface area contributed by atoms with Crippen LogP contribution in [0.4, 0.5) is 0 Å². The molecule has 0 aromatic rings. The summed E-state index contributed by atoms with van der Waals surface area (Å²) in [5.41, 5.74) is 0. The Bertz CT molecular complexity index is 329. The SMILES string of the molecule is CC.CCC(C)CCC(=O)NC(=O)CN1CCCC1=O. The van der Waals surface area contributed by atoms with Gasteiger partial charge in [0, 0.05) is 19.4 Å². The lowest BCUT2D eigenvalue weighted by Gasteiger charge is -2.14. The van der Waals surface area contributed by atoms with Gasteiger partial charge in [0.2, 0.25) is 17.7 Å². The molecule has 1 aliphatic rings. The molecule has 0 radical (unpaired) electrons. The van der Waals surface area contributed by atoms with Gasteiger partial charge in [-0.2, -0.15) is 0 Å². The third-order valence-corrected chi connectivity index (χ3v) is 3.35. The average molecular weight is 284 g/mol. The molecule has 0 aromatic carbocycles. The van der Waals surface area contributed by atoms with E-state index in [9.17, 15) is 14.4 Å². The van der Waals surface area contributed by atoms with E-state index in [1.807, 2.05) is 13.8 Å². The second kappa shape index (κ2) is 10.4. The lowest BCUT2D eigenvalue weighted by Crippen LogP contribution is -2.40. The minimum atomic E-state index is -0.376. The molecule has 1 fully saturated rings. The summed E-state index contributed by atoms with van der Waals surface area (Å²) in [6, 6.07) is 0. The van der Waals surface area contributed by atoms with Crippen molar-refractivity contribution >= 4 is 17.7 Å². The van der Waals surface area contributed by atoms with Crippen molar-refractivity contribution in [1.82, 2.24) is 10.2 Å². The first kappa shape index (κ1) is 18.6. The van der Waals surface area contributed by atoms with Crippen molar-refractivity contribution in [1.29, 1.82) is 0 Å². The fraction of sp³-hybridized carbons (Fsp3) is 0.800. The van der Waals surface area contributed by atoms with Gasteiger partial charge in [-0.15, -0.1) is 0 Å². The Morgan fingerprint density at radius 2 is 1.95 bits per heavy atom. The normalized spacial score (nSPS) is 15.4. The maximum Gasteiger partial charge on any atom is 0.246 e. The Labute approximate surface area is 122 Å². The summed E-state index contributed by atoms with van der Waals surface area (Å²) >= 11 is 0. The fourth-order valence-electron chi connectivity index (χ4n) is 1.88. The molecular weight excluding hydrogens is 256 g/mol. The highest BCUT2D eigenvalue weighted by Gasteiger charge is 2.22. The summed E-state index contributed by atoms with van der Waals surface area (Å²) < 4.78 is 0. The number of nitrogens with one attached hydrogen (secondary N) is 1. The minimum Gasteiger partial charge on any atom is -0.333 e. The fourth-order valence-corrected chi connectivity index (χ4v) is 1.88. The zero-order valence-electron chi connectivity index (χ0n) is 13.2. The lowest BCUT2D eigenvalue weighted by molar-refractivity contribution is -0.136. The first-order valence-electron chi connectivity index (χ1n) is 7.63. The maximum atomic E-state index is 11.5. The van der Waals surface area contributed by atoms with Crippen LogP contribution in [-0.2, 0) is 14.4 Å². The van der Waals surface area contributed by atoms with E-state index in [4.69, 9.17) is 0 Å². The van der Waals surface area contributed by atoms with Crippen LogP contribution in [0.2, 0.25) is 0 Å². The maximum absolute atomic E-state index is 11.5. The van der Waals surface area contributed by atoms with E-state index in [2.05, 4.69) is 19.2 Å². The van der Waals surface area contributed by atoms with Gasteiger partial charge < -0.3 is 4.90 Å². The number of rotatable bonds is 6. The molecule has 116 valence electrons. The highest BCUT2D eigenvalue weighted by Crippen LogP contribution is 2.10. The molecule has 1 N–H and O–H groups in total. The topological polar surface area (TPSA) is 66.5 Å². The zero-order chi connectivity index (χ0) is 15.5. The highest BCUT2D eigenvalue weighted by atomic mass is 16.2. The summed E-state index contributed by atoms with van der Waals surface area (Å²) in [5.74, 6) is -0.130. The summed E-state index contributed by atoms with van der Waals surface area (Å²) in [6.07, 6.45) is 3.50. The Kier molecular flexibility index (Phi) is 9.68. The standard InChI is InChI=1S/C13H22N2O3.C2H6/c1-3-10(2)6-7-11(16)14-12(17)9-15-8-4-5-13(15)18;1-2/h10H,3-9H2,1-2H3,(H,14,16,17);1-2H3. The van der Waals surface area contributed by atoms with Gasteiger partial charge in [0.25, 0.3) is 0 Å². The Morgan fingerprint density at radius 1 is 1.30 bits per heavy atom. The monoisotopic (exact) mass is 284 g/mol. The predicted octanol–water partition coefficient (Wildman–Crippen LogP) is 2.10. The molecule has 0 aromatic heterocycles. The van der Waals surface area contributed by atoms with Crippen LogP contribution in [0.5, 0.6) is 0 Å². The quantitative estimate of drug-likeness (QED) is 0.812. The number of likely N-dealkylation sites (tertiary alicyclic amines) is 1. The second-order valence-electron chi connectivity index (χ2n) is 4.94. The second-order valence-corrected chi connectivity index (χ2v) is 4.94. The van der Waals surface area contributed by atoms with Crippen LogP contribution in [0, 0.1) is 5.92 Å². The van der Waals surface area contributed by atoms with Crippen molar-refractivity contribution in [3.8, 4) is 0 Å². The smallest absolute Gasteiger partial charge is 0.246 e. The average Bonchev–Trinajstić information content (AvgIpc) is 2.83. The molecule has 1 aliphatic heterocycles. The number of hydrogen-bond donors (Lipinski definition) is 1. The molecular formula is C15H28N2O3. The summed E-state index contributed by atoms with van der Waals surface area (Å²) in [5, 5.41) is 2.34. The van der Waals surface area contributed by atoms with E-state index in [-0.39, 0.29) is 24.3 Å². The number of hydrogen-bond acceptors (Lipinski definition) is 3. The molecule has 0 bridgehead atoms. The van der Waals surface area contributed by atoms with Gasteiger partial charge in [-0.3, -0.25) is 19.7 Å². The third-order valence-electron chi connectivity index (χ3n) is 3.35. The van der Waals surface area contributed by atoms with Crippen molar-refractivity contribution in [2.45, 2.75) is 59.8 Å². The Hall–Kier alpha value is -1.39. The molecule has 0 aliphatic carbocycles. The minimum absolute atomic E-state index is 0.00259. The van der Waals surface area contributed by atoms with Crippen molar-refractivity contribution in [3.05, 3.63) is 0 Å². The molecule has 1 rings (SSSR count). The number of carbonyl (C=O) groups is 3.